The molecule has 1 saturated heterocycles. The first-order chi connectivity index (χ1) is 17.6. The Labute approximate surface area is 211 Å². The zero-order valence-electron chi connectivity index (χ0n) is 20.4. The molecule has 0 bridgehead atoms. The predicted octanol–water partition coefficient (Wildman–Crippen LogP) is 5.59. The number of piperidine rings is 1. The van der Waals surface area contributed by atoms with Crippen molar-refractivity contribution in [3.05, 3.63) is 95.1 Å². The van der Waals surface area contributed by atoms with E-state index < -0.39 is 12.0 Å². The number of carbonyl (C=O) groups is 2. The zero-order valence-corrected chi connectivity index (χ0v) is 20.4. The van der Waals surface area contributed by atoms with Gasteiger partial charge in [-0.1, -0.05) is 48.9 Å². The molecule has 3 aromatic rings. The fraction of sp³-hybridized carbons (Fsp3) is 0.276. The minimum atomic E-state index is -0.451. The normalized spacial score (nSPS) is 15.5. The van der Waals surface area contributed by atoms with Crippen LogP contribution in [-0.4, -0.2) is 36.6 Å². The highest BCUT2D eigenvalue weighted by atomic mass is 16.5. The third-order valence-corrected chi connectivity index (χ3v) is 6.50. The van der Waals surface area contributed by atoms with E-state index in [0.717, 1.165) is 31.4 Å². The molecule has 1 aliphatic rings. The van der Waals surface area contributed by atoms with Crippen molar-refractivity contribution in [2.75, 3.05) is 24.3 Å². The highest BCUT2D eigenvalue weighted by molar-refractivity contribution is 6.02. The number of likely N-dealkylation sites (tertiary alicyclic amines) is 1. The average Bonchev–Trinajstić information content (AvgIpc) is 2.91. The van der Waals surface area contributed by atoms with Crippen LogP contribution in [0.1, 0.15) is 46.3 Å². The third kappa shape index (κ3) is 6.29. The SMILES string of the molecule is COC(=O)c1cccc(NC(=O)Nc2cccc(C#N)c2)c1CN1CCCCC1Cc1ccccc1. The highest BCUT2D eigenvalue weighted by Crippen LogP contribution is 2.28. The summed E-state index contributed by atoms with van der Waals surface area (Å²) in [5.74, 6) is -0.438. The van der Waals surface area contributed by atoms with Crippen molar-refractivity contribution in [2.45, 2.75) is 38.3 Å². The molecule has 0 aromatic heterocycles. The minimum Gasteiger partial charge on any atom is -0.465 e. The first-order valence-corrected chi connectivity index (χ1v) is 12.1. The van der Waals surface area contributed by atoms with E-state index in [1.807, 2.05) is 6.07 Å². The van der Waals surface area contributed by atoms with Gasteiger partial charge < -0.3 is 15.4 Å². The van der Waals surface area contributed by atoms with Gasteiger partial charge in [-0.3, -0.25) is 4.90 Å². The van der Waals surface area contributed by atoms with Crippen LogP contribution >= 0.6 is 0 Å². The summed E-state index contributed by atoms with van der Waals surface area (Å²) in [5, 5.41) is 14.8. The fourth-order valence-corrected chi connectivity index (χ4v) is 4.72. The molecule has 0 radical (unpaired) electrons. The van der Waals surface area contributed by atoms with Gasteiger partial charge >= 0.3 is 12.0 Å². The van der Waals surface area contributed by atoms with E-state index in [9.17, 15) is 9.59 Å². The zero-order chi connectivity index (χ0) is 25.3. The van der Waals surface area contributed by atoms with Crippen LogP contribution in [0.25, 0.3) is 0 Å². The Morgan fingerprint density at radius 3 is 2.61 bits per heavy atom. The molecule has 0 aliphatic carbocycles. The molecule has 0 saturated carbocycles. The van der Waals surface area contributed by atoms with Crippen LogP contribution in [0.5, 0.6) is 0 Å². The summed E-state index contributed by atoms with van der Waals surface area (Å²) in [6, 6.07) is 24.3. The van der Waals surface area contributed by atoms with Gasteiger partial charge in [-0.05, 0) is 61.7 Å². The van der Waals surface area contributed by atoms with Crippen molar-refractivity contribution >= 4 is 23.4 Å². The van der Waals surface area contributed by atoms with Gasteiger partial charge in [-0.2, -0.15) is 5.26 Å². The molecule has 1 aliphatic heterocycles. The highest BCUT2D eigenvalue weighted by Gasteiger charge is 2.26. The standard InChI is InChI=1S/C29H30N4O3/c1-36-28(34)25-14-8-15-27(32-29(35)31-23-12-7-11-22(17-23)19-30)26(25)20-33-16-6-5-13-24(33)18-21-9-3-2-4-10-21/h2-4,7-12,14-15,17,24H,5-6,13,16,18,20H2,1H3,(H2,31,32,35). The second-order valence-electron chi connectivity index (χ2n) is 8.90. The van der Waals surface area contributed by atoms with Crippen molar-refractivity contribution in [1.29, 1.82) is 5.26 Å². The Bertz CT molecular complexity index is 1250. The number of hydrogen-bond acceptors (Lipinski definition) is 5. The molecule has 0 spiro atoms. The Hall–Kier alpha value is -4.15. The number of nitrogens with one attached hydrogen (secondary N) is 2. The summed E-state index contributed by atoms with van der Waals surface area (Å²) in [6.45, 7) is 1.43. The molecule has 2 N–H and O–H groups in total. The molecule has 3 aromatic carbocycles. The molecule has 7 heteroatoms. The maximum atomic E-state index is 12.8. The van der Waals surface area contributed by atoms with Crippen LogP contribution in [-0.2, 0) is 17.7 Å². The lowest BCUT2D eigenvalue weighted by atomic mass is 9.94. The van der Waals surface area contributed by atoms with Gasteiger partial charge in [-0.25, -0.2) is 9.59 Å². The number of methoxy groups -OCH3 is 1. The predicted molar refractivity (Wildman–Crippen MR) is 140 cm³/mol. The molecule has 2 amide bonds. The number of nitrogens with zero attached hydrogens (tertiary/aromatic N) is 2. The van der Waals surface area contributed by atoms with Gasteiger partial charge in [0.2, 0.25) is 0 Å². The van der Waals surface area contributed by atoms with E-state index in [0.29, 0.717) is 35.1 Å². The summed E-state index contributed by atoms with van der Waals surface area (Å²) >= 11 is 0. The number of urea groups is 1. The van der Waals surface area contributed by atoms with E-state index in [4.69, 9.17) is 10.00 Å². The van der Waals surface area contributed by atoms with Crippen LogP contribution < -0.4 is 10.6 Å². The van der Waals surface area contributed by atoms with E-state index in [2.05, 4.69) is 45.9 Å². The van der Waals surface area contributed by atoms with Gasteiger partial charge in [0.1, 0.15) is 0 Å². The maximum absolute atomic E-state index is 12.8. The lowest BCUT2D eigenvalue weighted by Gasteiger charge is -2.36. The number of anilines is 2. The van der Waals surface area contributed by atoms with Crippen molar-refractivity contribution < 1.29 is 14.3 Å². The number of nitriles is 1. The number of ether oxygens (including phenoxy) is 1. The van der Waals surface area contributed by atoms with Crippen molar-refractivity contribution in [3.63, 3.8) is 0 Å². The van der Waals surface area contributed by atoms with Crippen LogP contribution in [0.2, 0.25) is 0 Å². The number of carbonyl (C=O) groups excluding carboxylic acids is 2. The molecular formula is C29H30N4O3. The van der Waals surface area contributed by atoms with Gasteiger partial charge in [0.05, 0.1) is 24.3 Å². The van der Waals surface area contributed by atoms with Gasteiger partial charge in [0.15, 0.2) is 0 Å². The van der Waals surface area contributed by atoms with Gasteiger partial charge in [0, 0.05) is 29.5 Å². The first kappa shape index (κ1) is 25.0. The summed E-state index contributed by atoms with van der Waals surface area (Å²) in [5.41, 5.74) is 3.96. The van der Waals surface area contributed by atoms with Crippen molar-refractivity contribution in [1.82, 2.24) is 4.90 Å². The smallest absolute Gasteiger partial charge is 0.338 e. The first-order valence-electron chi connectivity index (χ1n) is 12.1. The lowest BCUT2D eigenvalue weighted by Crippen LogP contribution is -2.40. The number of amides is 2. The largest absolute Gasteiger partial charge is 0.465 e. The van der Waals surface area contributed by atoms with Crippen LogP contribution in [0, 0.1) is 11.3 Å². The molecule has 1 fully saturated rings. The van der Waals surface area contributed by atoms with E-state index in [-0.39, 0.29) is 0 Å². The number of rotatable bonds is 7. The lowest BCUT2D eigenvalue weighted by molar-refractivity contribution is 0.0596. The second kappa shape index (κ2) is 12.0. The Kier molecular flexibility index (Phi) is 8.32. The Balaban J connectivity index is 1.58. The number of hydrogen-bond donors (Lipinski definition) is 2. The monoisotopic (exact) mass is 482 g/mol. The molecule has 184 valence electrons. The molecule has 4 rings (SSSR count). The van der Waals surface area contributed by atoms with Gasteiger partial charge in [0.25, 0.3) is 0 Å². The number of benzene rings is 3. The molecule has 36 heavy (non-hydrogen) atoms. The summed E-state index contributed by atoms with van der Waals surface area (Å²) in [6.07, 6.45) is 4.26. The Morgan fingerprint density at radius 2 is 1.83 bits per heavy atom. The van der Waals surface area contributed by atoms with E-state index in [1.165, 1.54) is 19.1 Å². The second-order valence-corrected chi connectivity index (χ2v) is 8.90. The van der Waals surface area contributed by atoms with E-state index in [1.54, 1.807) is 42.5 Å². The van der Waals surface area contributed by atoms with Crippen LogP contribution in [0.3, 0.4) is 0 Å². The minimum absolute atomic E-state index is 0.335. The maximum Gasteiger partial charge on any atom is 0.338 e. The number of esters is 1. The summed E-state index contributed by atoms with van der Waals surface area (Å²) in [4.78, 5) is 27.9. The third-order valence-electron chi connectivity index (χ3n) is 6.50. The van der Waals surface area contributed by atoms with Crippen LogP contribution in [0.15, 0.2) is 72.8 Å². The van der Waals surface area contributed by atoms with E-state index >= 15 is 0 Å². The topological polar surface area (TPSA) is 94.5 Å². The van der Waals surface area contributed by atoms with Crippen LogP contribution in [0.4, 0.5) is 16.2 Å². The molecule has 7 nitrogen and oxygen atoms in total. The molecule has 1 heterocycles. The average molecular weight is 483 g/mol. The van der Waals surface area contributed by atoms with Crippen molar-refractivity contribution in [2.24, 2.45) is 0 Å². The van der Waals surface area contributed by atoms with Crippen molar-refractivity contribution in [3.8, 4) is 6.07 Å². The summed E-state index contributed by atoms with van der Waals surface area (Å²) < 4.78 is 5.05. The molecule has 1 atom stereocenters. The van der Waals surface area contributed by atoms with Gasteiger partial charge in [-0.15, -0.1) is 0 Å². The summed E-state index contributed by atoms with van der Waals surface area (Å²) in [7, 11) is 1.36. The molecular weight excluding hydrogens is 452 g/mol. The fourth-order valence-electron chi connectivity index (χ4n) is 4.72. The Morgan fingerprint density at radius 1 is 1.03 bits per heavy atom. The quantitative estimate of drug-likeness (QED) is 0.428. The molecule has 1 unspecified atom stereocenters.